The minimum absolute atomic E-state index is 0.219. The molecule has 0 fully saturated rings. The second-order valence-corrected chi connectivity index (χ2v) is 3.41. The standard InChI is InChI=1S/C12H11N3O2/c1-9-7-13-11(14-8-9)15-12(16)17-10-5-3-2-4-6-10/h2-8H,1H3,(H,13,14,15,16). The number of hydrogen-bond donors (Lipinski definition) is 1. The maximum atomic E-state index is 11.5. The van der Waals surface area contributed by atoms with Crippen LogP contribution in [-0.4, -0.2) is 16.1 Å². The summed E-state index contributed by atoms with van der Waals surface area (Å²) >= 11 is 0. The molecule has 5 heteroatoms. The molecule has 1 aromatic carbocycles. The van der Waals surface area contributed by atoms with Crippen molar-refractivity contribution in [3.05, 3.63) is 48.3 Å². The number of carbonyl (C=O) groups excluding carboxylic acids is 1. The number of anilines is 1. The summed E-state index contributed by atoms with van der Waals surface area (Å²) in [6.07, 6.45) is 2.62. The van der Waals surface area contributed by atoms with Crippen LogP contribution in [0.4, 0.5) is 10.7 Å². The summed E-state index contributed by atoms with van der Waals surface area (Å²) in [6.45, 7) is 1.87. The molecule has 0 saturated heterocycles. The number of benzene rings is 1. The highest BCUT2D eigenvalue weighted by Crippen LogP contribution is 2.09. The average molecular weight is 229 g/mol. The lowest BCUT2D eigenvalue weighted by molar-refractivity contribution is 0.215. The van der Waals surface area contributed by atoms with Crippen molar-refractivity contribution in [3.63, 3.8) is 0 Å². The normalized spacial score (nSPS) is 9.71. The molecule has 2 rings (SSSR count). The quantitative estimate of drug-likeness (QED) is 0.858. The van der Waals surface area contributed by atoms with Gasteiger partial charge in [-0.25, -0.2) is 14.8 Å². The van der Waals surface area contributed by atoms with Gasteiger partial charge in [-0.05, 0) is 24.6 Å². The Bertz CT molecular complexity index is 497. The SMILES string of the molecule is Cc1cnc(NC(=O)Oc2ccccc2)nc1. The summed E-state index contributed by atoms with van der Waals surface area (Å²) in [5.74, 6) is 0.689. The highest BCUT2D eigenvalue weighted by molar-refractivity contribution is 5.84. The summed E-state index contributed by atoms with van der Waals surface area (Å²) in [4.78, 5) is 19.3. The summed E-state index contributed by atoms with van der Waals surface area (Å²) in [5, 5.41) is 2.43. The molecule has 0 aliphatic rings. The minimum atomic E-state index is -0.611. The molecule has 0 bridgehead atoms. The first-order chi connectivity index (χ1) is 8.24. The maximum absolute atomic E-state index is 11.5. The zero-order valence-corrected chi connectivity index (χ0v) is 9.25. The van der Waals surface area contributed by atoms with Crippen LogP contribution in [0.15, 0.2) is 42.7 Å². The predicted octanol–water partition coefficient (Wildman–Crippen LogP) is 2.40. The van der Waals surface area contributed by atoms with Gasteiger partial charge in [0.05, 0.1) is 0 Å². The summed E-state index contributed by atoms with van der Waals surface area (Å²) in [7, 11) is 0. The number of nitrogens with zero attached hydrogens (tertiary/aromatic N) is 2. The van der Waals surface area contributed by atoms with Crippen LogP contribution in [0.3, 0.4) is 0 Å². The van der Waals surface area contributed by atoms with Crippen LogP contribution in [0.25, 0.3) is 0 Å². The molecule has 0 aliphatic carbocycles. The fraction of sp³-hybridized carbons (Fsp3) is 0.0833. The number of nitrogens with one attached hydrogen (secondary N) is 1. The van der Waals surface area contributed by atoms with Crippen molar-refractivity contribution in [1.29, 1.82) is 0 Å². The van der Waals surface area contributed by atoms with E-state index in [1.807, 2.05) is 13.0 Å². The fourth-order valence-electron chi connectivity index (χ4n) is 1.17. The van der Waals surface area contributed by atoms with Gasteiger partial charge in [0, 0.05) is 12.4 Å². The number of ether oxygens (including phenoxy) is 1. The summed E-state index contributed by atoms with van der Waals surface area (Å²) in [6, 6.07) is 8.79. The number of para-hydroxylation sites is 1. The van der Waals surface area contributed by atoms with Crippen molar-refractivity contribution < 1.29 is 9.53 Å². The smallest absolute Gasteiger partial charge is 0.410 e. The predicted molar refractivity (Wildman–Crippen MR) is 62.9 cm³/mol. The Kier molecular flexibility index (Phi) is 3.30. The number of rotatable bonds is 2. The Hall–Kier alpha value is -2.43. The Morgan fingerprint density at radius 3 is 2.47 bits per heavy atom. The third-order valence-corrected chi connectivity index (χ3v) is 1.95. The zero-order chi connectivity index (χ0) is 12.1. The molecule has 0 radical (unpaired) electrons. The Morgan fingerprint density at radius 1 is 1.18 bits per heavy atom. The lowest BCUT2D eigenvalue weighted by atomic mass is 10.3. The van der Waals surface area contributed by atoms with Gasteiger partial charge in [0.1, 0.15) is 5.75 Å². The fourth-order valence-corrected chi connectivity index (χ4v) is 1.17. The van der Waals surface area contributed by atoms with Gasteiger partial charge in [0.2, 0.25) is 5.95 Å². The van der Waals surface area contributed by atoms with E-state index in [9.17, 15) is 4.79 Å². The maximum Gasteiger partial charge on any atom is 0.419 e. The molecule has 5 nitrogen and oxygen atoms in total. The molecule has 1 amide bonds. The van der Waals surface area contributed by atoms with Crippen molar-refractivity contribution >= 4 is 12.0 Å². The Labute approximate surface area is 98.5 Å². The van der Waals surface area contributed by atoms with E-state index in [0.717, 1.165) is 5.56 Å². The van der Waals surface area contributed by atoms with Gasteiger partial charge in [0.15, 0.2) is 0 Å². The molecule has 17 heavy (non-hydrogen) atoms. The molecule has 2 aromatic rings. The van der Waals surface area contributed by atoms with Crippen molar-refractivity contribution in [2.45, 2.75) is 6.92 Å². The van der Waals surface area contributed by atoms with Crippen LogP contribution in [0, 0.1) is 6.92 Å². The first-order valence-electron chi connectivity index (χ1n) is 5.06. The lowest BCUT2D eigenvalue weighted by Gasteiger charge is -2.04. The van der Waals surface area contributed by atoms with Crippen LogP contribution >= 0.6 is 0 Å². The number of aromatic nitrogens is 2. The molecule has 0 aliphatic heterocycles. The summed E-state index contributed by atoms with van der Waals surface area (Å²) in [5.41, 5.74) is 0.923. The van der Waals surface area contributed by atoms with E-state index < -0.39 is 6.09 Å². The van der Waals surface area contributed by atoms with Crippen LogP contribution in [0.5, 0.6) is 5.75 Å². The second-order valence-electron chi connectivity index (χ2n) is 3.41. The van der Waals surface area contributed by atoms with E-state index in [1.54, 1.807) is 36.7 Å². The first-order valence-corrected chi connectivity index (χ1v) is 5.06. The number of amides is 1. The van der Waals surface area contributed by atoms with E-state index in [0.29, 0.717) is 5.75 Å². The molecular weight excluding hydrogens is 218 g/mol. The monoisotopic (exact) mass is 229 g/mol. The molecule has 0 spiro atoms. The highest BCUT2D eigenvalue weighted by Gasteiger charge is 2.05. The molecule has 1 aromatic heterocycles. The molecule has 1 heterocycles. The third-order valence-electron chi connectivity index (χ3n) is 1.95. The van der Waals surface area contributed by atoms with E-state index >= 15 is 0 Å². The Balaban J connectivity index is 1.96. The Morgan fingerprint density at radius 2 is 1.82 bits per heavy atom. The van der Waals surface area contributed by atoms with Crippen molar-refractivity contribution in [3.8, 4) is 5.75 Å². The molecule has 0 unspecified atom stereocenters. The van der Waals surface area contributed by atoms with Crippen molar-refractivity contribution in [1.82, 2.24) is 9.97 Å². The van der Waals surface area contributed by atoms with E-state index in [4.69, 9.17) is 4.74 Å². The molecule has 86 valence electrons. The van der Waals surface area contributed by atoms with Crippen LogP contribution < -0.4 is 10.1 Å². The van der Waals surface area contributed by atoms with Gasteiger partial charge in [-0.1, -0.05) is 18.2 Å². The molecule has 0 saturated carbocycles. The largest absolute Gasteiger partial charge is 0.419 e. The second kappa shape index (κ2) is 5.07. The average Bonchev–Trinajstić information content (AvgIpc) is 2.33. The lowest BCUT2D eigenvalue weighted by Crippen LogP contribution is -2.18. The van der Waals surface area contributed by atoms with Gasteiger partial charge in [-0.3, -0.25) is 5.32 Å². The number of hydrogen-bond acceptors (Lipinski definition) is 4. The van der Waals surface area contributed by atoms with E-state index in [1.165, 1.54) is 0 Å². The van der Waals surface area contributed by atoms with Gasteiger partial charge in [-0.2, -0.15) is 0 Å². The van der Waals surface area contributed by atoms with E-state index in [2.05, 4.69) is 15.3 Å². The molecular formula is C12H11N3O2. The number of aryl methyl sites for hydroxylation is 1. The van der Waals surface area contributed by atoms with Crippen LogP contribution in [-0.2, 0) is 0 Å². The van der Waals surface area contributed by atoms with Gasteiger partial charge >= 0.3 is 6.09 Å². The van der Waals surface area contributed by atoms with Gasteiger partial charge in [0.25, 0.3) is 0 Å². The van der Waals surface area contributed by atoms with Crippen LogP contribution in [0.2, 0.25) is 0 Å². The van der Waals surface area contributed by atoms with E-state index in [-0.39, 0.29) is 5.95 Å². The highest BCUT2D eigenvalue weighted by atomic mass is 16.6. The van der Waals surface area contributed by atoms with Crippen molar-refractivity contribution in [2.75, 3.05) is 5.32 Å². The van der Waals surface area contributed by atoms with Gasteiger partial charge in [-0.15, -0.1) is 0 Å². The molecule has 0 atom stereocenters. The summed E-state index contributed by atoms with van der Waals surface area (Å²) < 4.78 is 5.02. The first kappa shape index (κ1) is 11.1. The zero-order valence-electron chi connectivity index (χ0n) is 9.25. The third kappa shape index (κ3) is 3.27. The van der Waals surface area contributed by atoms with Crippen molar-refractivity contribution in [2.24, 2.45) is 0 Å². The topological polar surface area (TPSA) is 64.1 Å². The minimum Gasteiger partial charge on any atom is -0.410 e. The van der Waals surface area contributed by atoms with Gasteiger partial charge < -0.3 is 4.74 Å². The van der Waals surface area contributed by atoms with Crippen LogP contribution in [0.1, 0.15) is 5.56 Å². The molecule has 1 N–H and O–H groups in total. The number of carbonyl (C=O) groups is 1.